The van der Waals surface area contributed by atoms with Crippen molar-refractivity contribution in [2.75, 3.05) is 0 Å². The molecule has 1 aliphatic carbocycles. The smallest absolute Gasteiger partial charge is 0.305 e. The Morgan fingerprint density at radius 3 is 2.53 bits per heavy atom. The van der Waals surface area contributed by atoms with Gasteiger partial charge in [-0.15, -0.1) is 0 Å². The molecule has 4 rings (SSSR count). The average Bonchev–Trinajstić information content (AvgIpc) is 3.18. The van der Waals surface area contributed by atoms with Crippen LogP contribution in [0.2, 0.25) is 5.02 Å². The molecule has 2 aromatic carbocycles. The zero-order valence-corrected chi connectivity index (χ0v) is 19.2. The molecule has 0 atom stereocenters. The first-order chi connectivity index (χ1) is 16.4. The quantitative estimate of drug-likeness (QED) is 0.485. The zero-order chi connectivity index (χ0) is 24.1. The van der Waals surface area contributed by atoms with Gasteiger partial charge in [0.25, 0.3) is 5.91 Å². The van der Waals surface area contributed by atoms with Crippen LogP contribution < -0.4 is 16.3 Å². The Morgan fingerprint density at radius 2 is 1.76 bits per heavy atom. The summed E-state index contributed by atoms with van der Waals surface area (Å²) in [6, 6.07) is 15.8. The minimum Gasteiger partial charge on any atom is -0.455 e. The largest absolute Gasteiger partial charge is 0.455 e. The maximum atomic E-state index is 12.7. The molecule has 3 amide bonds. The molecular weight excluding hydrogens is 456 g/mol. The lowest BCUT2D eigenvalue weighted by Gasteiger charge is -2.13. The number of hydrazone groups is 1. The van der Waals surface area contributed by atoms with E-state index in [1.165, 1.54) is 6.07 Å². The molecule has 0 bridgehead atoms. The van der Waals surface area contributed by atoms with Crippen molar-refractivity contribution in [3.63, 3.8) is 0 Å². The number of carbonyl (C=O) groups is 3. The molecule has 8 nitrogen and oxygen atoms in total. The van der Waals surface area contributed by atoms with E-state index in [0.717, 1.165) is 17.5 Å². The van der Waals surface area contributed by atoms with E-state index in [2.05, 4.69) is 21.4 Å². The number of hydrazine groups is 1. The van der Waals surface area contributed by atoms with Crippen molar-refractivity contribution in [2.45, 2.75) is 32.6 Å². The van der Waals surface area contributed by atoms with Crippen LogP contribution in [0.15, 0.2) is 64.1 Å². The molecular formula is C25H23ClN4O4. The Balaban J connectivity index is 1.44. The topological polar surface area (TPSA) is 113 Å². The lowest BCUT2D eigenvalue weighted by atomic mass is 9.93. The SMILES string of the molecule is Cc1c(C(=O)NNC(=O)c2cccc(Cl)c2)oc2c1/C(=N/NC(=O)Cc1ccccc1)CCC2. The summed E-state index contributed by atoms with van der Waals surface area (Å²) in [5.41, 5.74) is 10.5. The number of hydrogen-bond acceptors (Lipinski definition) is 5. The first-order valence-electron chi connectivity index (χ1n) is 10.8. The molecule has 0 aliphatic heterocycles. The van der Waals surface area contributed by atoms with Gasteiger partial charge in [-0.05, 0) is 43.5 Å². The Kier molecular flexibility index (Phi) is 7.08. The minimum absolute atomic E-state index is 0.0848. The van der Waals surface area contributed by atoms with E-state index >= 15 is 0 Å². The molecule has 0 radical (unpaired) electrons. The first kappa shape index (κ1) is 23.3. The molecule has 0 unspecified atom stereocenters. The summed E-state index contributed by atoms with van der Waals surface area (Å²) in [6.07, 6.45) is 2.29. The van der Waals surface area contributed by atoms with Crippen LogP contribution in [0.1, 0.15) is 56.2 Å². The van der Waals surface area contributed by atoms with Crippen molar-refractivity contribution in [3.05, 3.63) is 93.4 Å². The van der Waals surface area contributed by atoms with Gasteiger partial charge in [0.05, 0.1) is 12.1 Å². The molecule has 3 aromatic rings. The fourth-order valence-corrected chi connectivity index (χ4v) is 4.01. The third-order valence-electron chi connectivity index (χ3n) is 5.43. The first-order valence-corrected chi connectivity index (χ1v) is 11.2. The number of benzene rings is 2. The molecule has 1 heterocycles. The van der Waals surface area contributed by atoms with E-state index in [4.69, 9.17) is 16.0 Å². The van der Waals surface area contributed by atoms with Crippen LogP contribution in [0.4, 0.5) is 0 Å². The van der Waals surface area contributed by atoms with E-state index in [0.29, 0.717) is 40.5 Å². The van der Waals surface area contributed by atoms with E-state index in [1.54, 1.807) is 25.1 Å². The highest BCUT2D eigenvalue weighted by Crippen LogP contribution is 2.29. The molecule has 1 aliphatic rings. The summed E-state index contributed by atoms with van der Waals surface area (Å²) >= 11 is 5.91. The molecule has 174 valence electrons. The van der Waals surface area contributed by atoms with Crippen molar-refractivity contribution < 1.29 is 18.8 Å². The number of amides is 3. The molecule has 0 fully saturated rings. The number of nitrogens with one attached hydrogen (secondary N) is 3. The maximum Gasteiger partial charge on any atom is 0.305 e. The van der Waals surface area contributed by atoms with Gasteiger partial charge in [-0.1, -0.05) is 48.0 Å². The lowest BCUT2D eigenvalue weighted by molar-refractivity contribution is -0.120. The van der Waals surface area contributed by atoms with Gasteiger partial charge in [0.1, 0.15) is 5.76 Å². The van der Waals surface area contributed by atoms with Gasteiger partial charge in [-0.25, -0.2) is 5.43 Å². The molecule has 1 aromatic heterocycles. The van der Waals surface area contributed by atoms with Crippen LogP contribution in [-0.4, -0.2) is 23.4 Å². The summed E-state index contributed by atoms with van der Waals surface area (Å²) < 4.78 is 5.81. The van der Waals surface area contributed by atoms with Crippen LogP contribution in [0.5, 0.6) is 0 Å². The molecule has 0 saturated carbocycles. The van der Waals surface area contributed by atoms with Gasteiger partial charge in [-0.3, -0.25) is 25.2 Å². The molecule has 3 N–H and O–H groups in total. The van der Waals surface area contributed by atoms with Crippen LogP contribution in [0.3, 0.4) is 0 Å². The average molecular weight is 479 g/mol. The number of halogens is 1. The van der Waals surface area contributed by atoms with Gasteiger partial charge in [0.2, 0.25) is 5.91 Å². The highest BCUT2D eigenvalue weighted by molar-refractivity contribution is 6.31. The van der Waals surface area contributed by atoms with Crippen LogP contribution >= 0.6 is 11.6 Å². The number of carbonyl (C=O) groups excluding carboxylic acids is 3. The van der Waals surface area contributed by atoms with Gasteiger partial charge in [0.15, 0.2) is 5.76 Å². The highest BCUT2D eigenvalue weighted by Gasteiger charge is 2.28. The third-order valence-corrected chi connectivity index (χ3v) is 5.67. The Hall–Kier alpha value is -3.91. The summed E-state index contributed by atoms with van der Waals surface area (Å²) in [5, 5.41) is 4.73. The Morgan fingerprint density at radius 1 is 1.00 bits per heavy atom. The second-order valence-electron chi connectivity index (χ2n) is 7.88. The van der Waals surface area contributed by atoms with Gasteiger partial charge in [-0.2, -0.15) is 5.10 Å². The molecule has 0 saturated heterocycles. The van der Waals surface area contributed by atoms with E-state index in [-0.39, 0.29) is 18.1 Å². The van der Waals surface area contributed by atoms with E-state index < -0.39 is 11.8 Å². The van der Waals surface area contributed by atoms with Crippen LogP contribution in [0, 0.1) is 6.92 Å². The number of hydrogen-bond donors (Lipinski definition) is 3. The summed E-state index contributed by atoms with van der Waals surface area (Å²) in [4.78, 5) is 37.3. The number of rotatable bonds is 5. The van der Waals surface area contributed by atoms with Crippen LogP contribution in [0.25, 0.3) is 0 Å². The summed E-state index contributed by atoms with van der Waals surface area (Å²) in [5.74, 6) is -0.607. The Labute approximate surface area is 201 Å². The summed E-state index contributed by atoms with van der Waals surface area (Å²) in [6.45, 7) is 1.75. The number of nitrogens with zero attached hydrogens (tertiary/aromatic N) is 1. The van der Waals surface area contributed by atoms with Crippen molar-refractivity contribution in [3.8, 4) is 0 Å². The Bertz CT molecular complexity index is 1270. The number of aryl methyl sites for hydroxylation is 1. The fourth-order valence-electron chi connectivity index (χ4n) is 3.82. The van der Waals surface area contributed by atoms with E-state index in [9.17, 15) is 14.4 Å². The maximum absolute atomic E-state index is 12.7. The second kappa shape index (κ2) is 10.4. The van der Waals surface area contributed by atoms with Gasteiger partial charge < -0.3 is 4.42 Å². The molecule has 0 spiro atoms. The fraction of sp³-hybridized carbons (Fsp3) is 0.200. The van der Waals surface area contributed by atoms with Crippen molar-refractivity contribution in [2.24, 2.45) is 5.10 Å². The van der Waals surface area contributed by atoms with Gasteiger partial charge in [0, 0.05) is 28.1 Å². The zero-order valence-electron chi connectivity index (χ0n) is 18.5. The minimum atomic E-state index is -0.588. The van der Waals surface area contributed by atoms with Gasteiger partial charge >= 0.3 is 5.91 Å². The molecule has 34 heavy (non-hydrogen) atoms. The standard InChI is InChI=1S/C25H23ClN4O4/c1-15-22-19(27-28-21(31)13-16-7-3-2-4-8-16)11-6-12-20(22)34-23(15)25(33)30-29-24(32)17-9-5-10-18(26)14-17/h2-5,7-10,14H,6,11-13H2,1H3,(H,28,31)(H,29,32)(H,30,33)/b27-19+. The van der Waals surface area contributed by atoms with Crippen LogP contribution in [-0.2, 0) is 17.6 Å². The number of fused-ring (bicyclic) bond motifs is 1. The van der Waals surface area contributed by atoms with E-state index in [1.807, 2.05) is 30.3 Å². The second-order valence-corrected chi connectivity index (χ2v) is 8.32. The van der Waals surface area contributed by atoms with Crippen molar-refractivity contribution in [1.29, 1.82) is 0 Å². The highest BCUT2D eigenvalue weighted by atomic mass is 35.5. The lowest BCUT2D eigenvalue weighted by Crippen LogP contribution is -2.41. The normalized spacial score (nSPS) is 13.8. The molecule has 9 heteroatoms. The third kappa shape index (κ3) is 5.35. The van der Waals surface area contributed by atoms with Crippen molar-refractivity contribution in [1.82, 2.24) is 16.3 Å². The number of furan rings is 1. The summed E-state index contributed by atoms with van der Waals surface area (Å²) in [7, 11) is 0. The van der Waals surface area contributed by atoms with Crippen molar-refractivity contribution >= 4 is 35.0 Å². The monoisotopic (exact) mass is 478 g/mol. The predicted octanol–water partition coefficient (Wildman–Crippen LogP) is 3.72. The predicted molar refractivity (Wildman–Crippen MR) is 128 cm³/mol.